The number of alkyl halides is 1. The molecule has 0 spiro atoms. The Morgan fingerprint density at radius 1 is 1.44 bits per heavy atom. The van der Waals surface area contributed by atoms with E-state index in [-0.39, 0.29) is 0 Å². The minimum atomic E-state index is 0.327. The van der Waals surface area contributed by atoms with Crippen LogP contribution in [0.1, 0.15) is 19.8 Å². The van der Waals surface area contributed by atoms with Crippen LogP contribution >= 0.6 is 15.9 Å². The van der Waals surface area contributed by atoms with Gasteiger partial charge in [0.15, 0.2) is 0 Å². The lowest BCUT2D eigenvalue weighted by atomic mass is 10.1. The zero-order chi connectivity index (χ0) is 13.0. The topological polar surface area (TPSA) is 32.8 Å². The first-order valence-corrected chi connectivity index (χ1v) is 7.98. The van der Waals surface area contributed by atoms with Crippen LogP contribution in [0.5, 0.6) is 0 Å². The molecule has 0 bridgehead atoms. The number of carbonyl (C=O) groups excluding carboxylic acids is 1. The van der Waals surface area contributed by atoms with Gasteiger partial charge < -0.3 is 9.64 Å². The monoisotopic (exact) mass is 318 g/mol. The SMILES string of the molecule is CC(CCN1CC(CBr)CC1=O)N1CCOCC1. The van der Waals surface area contributed by atoms with Crippen LogP contribution in [0.25, 0.3) is 0 Å². The first-order valence-electron chi connectivity index (χ1n) is 6.86. The molecule has 2 heterocycles. The van der Waals surface area contributed by atoms with Gasteiger partial charge in [-0.15, -0.1) is 0 Å². The summed E-state index contributed by atoms with van der Waals surface area (Å²) in [4.78, 5) is 16.3. The van der Waals surface area contributed by atoms with Gasteiger partial charge in [0, 0.05) is 44.0 Å². The quantitative estimate of drug-likeness (QED) is 0.717. The van der Waals surface area contributed by atoms with E-state index in [4.69, 9.17) is 4.74 Å². The number of nitrogens with zero attached hydrogens (tertiary/aromatic N) is 2. The van der Waals surface area contributed by atoms with Crippen LogP contribution in [-0.4, -0.2) is 66.5 Å². The smallest absolute Gasteiger partial charge is 0.222 e. The molecule has 18 heavy (non-hydrogen) atoms. The summed E-state index contributed by atoms with van der Waals surface area (Å²) in [6, 6.07) is 0.546. The molecule has 0 radical (unpaired) electrons. The maximum Gasteiger partial charge on any atom is 0.222 e. The van der Waals surface area contributed by atoms with Crippen molar-refractivity contribution >= 4 is 21.8 Å². The number of carbonyl (C=O) groups is 1. The zero-order valence-corrected chi connectivity index (χ0v) is 12.7. The van der Waals surface area contributed by atoms with E-state index in [1.54, 1.807) is 0 Å². The third-order valence-electron chi connectivity index (χ3n) is 4.00. The minimum Gasteiger partial charge on any atom is -0.379 e. The second-order valence-electron chi connectivity index (χ2n) is 5.35. The van der Waals surface area contributed by atoms with Crippen molar-refractivity contribution in [2.45, 2.75) is 25.8 Å². The molecule has 0 N–H and O–H groups in total. The van der Waals surface area contributed by atoms with Gasteiger partial charge in [0.2, 0.25) is 5.91 Å². The van der Waals surface area contributed by atoms with E-state index in [0.29, 0.717) is 17.9 Å². The van der Waals surface area contributed by atoms with Crippen molar-refractivity contribution < 1.29 is 9.53 Å². The Labute approximate surface area is 118 Å². The Bertz CT molecular complexity index is 282. The number of rotatable bonds is 5. The maximum atomic E-state index is 11.8. The molecule has 2 aliphatic heterocycles. The highest BCUT2D eigenvalue weighted by Crippen LogP contribution is 2.20. The van der Waals surface area contributed by atoms with Crippen LogP contribution in [0.15, 0.2) is 0 Å². The highest BCUT2D eigenvalue weighted by atomic mass is 79.9. The van der Waals surface area contributed by atoms with Crippen LogP contribution in [0.3, 0.4) is 0 Å². The minimum absolute atomic E-state index is 0.327. The highest BCUT2D eigenvalue weighted by Gasteiger charge is 2.29. The predicted molar refractivity (Wildman–Crippen MR) is 75.0 cm³/mol. The van der Waals surface area contributed by atoms with Gasteiger partial charge >= 0.3 is 0 Å². The van der Waals surface area contributed by atoms with Crippen molar-refractivity contribution in [2.75, 3.05) is 44.7 Å². The van der Waals surface area contributed by atoms with Crippen LogP contribution < -0.4 is 0 Å². The van der Waals surface area contributed by atoms with Gasteiger partial charge in [-0.05, 0) is 19.3 Å². The van der Waals surface area contributed by atoms with E-state index >= 15 is 0 Å². The summed E-state index contributed by atoms with van der Waals surface area (Å²) in [6.45, 7) is 7.84. The Morgan fingerprint density at radius 2 is 2.17 bits per heavy atom. The summed E-state index contributed by atoms with van der Waals surface area (Å²) in [5.74, 6) is 0.838. The van der Waals surface area contributed by atoms with Gasteiger partial charge in [0.25, 0.3) is 0 Å². The summed E-state index contributed by atoms with van der Waals surface area (Å²) >= 11 is 3.47. The van der Waals surface area contributed by atoms with E-state index in [2.05, 4.69) is 27.8 Å². The first kappa shape index (κ1) is 14.3. The molecule has 104 valence electrons. The average Bonchev–Trinajstić information content (AvgIpc) is 2.77. The van der Waals surface area contributed by atoms with E-state index in [1.807, 2.05) is 4.90 Å². The molecule has 1 amide bonds. The van der Waals surface area contributed by atoms with Crippen molar-refractivity contribution in [3.63, 3.8) is 0 Å². The van der Waals surface area contributed by atoms with Gasteiger partial charge in [-0.25, -0.2) is 0 Å². The van der Waals surface area contributed by atoms with Gasteiger partial charge in [-0.3, -0.25) is 9.69 Å². The van der Waals surface area contributed by atoms with Crippen LogP contribution in [0, 0.1) is 5.92 Å². The molecule has 2 saturated heterocycles. The normalized spacial score (nSPS) is 27.8. The Hall–Kier alpha value is -0.130. The predicted octanol–water partition coefficient (Wildman–Crippen LogP) is 1.34. The number of hydrogen-bond acceptors (Lipinski definition) is 3. The Kier molecular flexibility index (Phi) is 5.45. The summed E-state index contributed by atoms with van der Waals surface area (Å²) in [6.07, 6.45) is 1.79. The second kappa shape index (κ2) is 6.87. The van der Waals surface area contributed by atoms with Crippen molar-refractivity contribution in [3.05, 3.63) is 0 Å². The standard InChI is InChI=1S/C13H23BrN2O2/c1-11(15-4-6-18-7-5-15)2-3-16-10-12(9-14)8-13(16)17/h11-12H,2-10H2,1H3. The van der Waals surface area contributed by atoms with Crippen molar-refractivity contribution in [3.8, 4) is 0 Å². The summed E-state index contributed by atoms with van der Waals surface area (Å²) in [5.41, 5.74) is 0. The third kappa shape index (κ3) is 3.68. The summed E-state index contributed by atoms with van der Waals surface area (Å²) in [5, 5.41) is 0.939. The molecule has 4 nitrogen and oxygen atoms in total. The van der Waals surface area contributed by atoms with E-state index < -0.39 is 0 Å². The molecule has 2 unspecified atom stereocenters. The molecule has 0 saturated carbocycles. The van der Waals surface area contributed by atoms with Gasteiger partial charge in [0.05, 0.1) is 13.2 Å². The molecule has 2 fully saturated rings. The maximum absolute atomic E-state index is 11.8. The van der Waals surface area contributed by atoms with Crippen LogP contribution in [-0.2, 0) is 9.53 Å². The van der Waals surface area contributed by atoms with Gasteiger partial charge in [-0.1, -0.05) is 15.9 Å². The molecule has 2 rings (SSSR count). The van der Waals surface area contributed by atoms with Crippen molar-refractivity contribution in [2.24, 2.45) is 5.92 Å². The van der Waals surface area contributed by atoms with Gasteiger partial charge in [-0.2, -0.15) is 0 Å². The molecule has 0 aliphatic carbocycles. The molecule has 5 heteroatoms. The van der Waals surface area contributed by atoms with E-state index in [1.165, 1.54) is 0 Å². The number of morpholine rings is 1. The molecule has 2 aliphatic rings. The molecule has 0 aromatic heterocycles. The molecular weight excluding hydrogens is 296 g/mol. The van der Waals surface area contributed by atoms with Crippen LogP contribution in [0.2, 0.25) is 0 Å². The lowest BCUT2D eigenvalue weighted by molar-refractivity contribution is -0.127. The second-order valence-corrected chi connectivity index (χ2v) is 6.00. The number of amides is 1. The number of ether oxygens (including phenoxy) is 1. The first-order chi connectivity index (χ1) is 8.70. The molecule has 0 aromatic carbocycles. The summed E-state index contributed by atoms with van der Waals surface area (Å²) < 4.78 is 5.36. The third-order valence-corrected chi connectivity index (χ3v) is 4.91. The number of halogens is 1. The lowest BCUT2D eigenvalue weighted by Gasteiger charge is -2.33. The Balaban J connectivity index is 1.72. The van der Waals surface area contributed by atoms with E-state index in [0.717, 1.165) is 57.6 Å². The fourth-order valence-electron chi connectivity index (χ4n) is 2.72. The average molecular weight is 319 g/mol. The molecule has 2 atom stereocenters. The van der Waals surface area contributed by atoms with Crippen molar-refractivity contribution in [1.29, 1.82) is 0 Å². The van der Waals surface area contributed by atoms with Gasteiger partial charge in [0.1, 0.15) is 0 Å². The van der Waals surface area contributed by atoms with E-state index in [9.17, 15) is 4.79 Å². The fourth-order valence-corrected chi connectivity index (χ4v) is 3.15. The Morgan fingerprint density at radius 3 is 2.78 bits per heavy atom. The largest absolute Gasteiger partial charge is 0.379 e. The fraction of sp³-hybridized carbons (Fsp3) is 0.923. The van der Waals surface area contributed by atoms with Crippen molar-refractivity contribution in [1.82, 2.24) is 9.80 Å². The van der Waals surface area contributed by atoms with Crippen LogP contribution in [0.4, 0.5) is 0 Å². The highest BCUT2D eigenvalue weighted by molar-refractivity contribution is 9.09. The lowest BCUT2D eigenvalue weighted by Crippen LogP contribution is -2.43. The zero-order valence-electron chi connectivity index (χ0n) is 11.1. The number of hydrogen-bond donors (Lipinski definition) is 0. The summed E-state index contributed by atoms with van der Waals surface area (Å²) in [7, 11) is 0. The number of likely N-dealkylation sites (tertiary alicyclic amines) is 1. The molecule has 0 aromatic rings. The molecular formula is C13H23BrN2O2.